The van der Waals surface area contributed by atoms with Crippen molar-refractivity contribution in [2.75, 3.05) is 5.73 Å². The quantitative estimate of drug-likeness (QED) is 0.667. The number of aromatic nitrogens is 2. The molecule has 0 aliphatic heterocycles. The predicted octanol–water partition coefficient (Wildman–Crippen LogP) is 2.12. The van der Waals surface area contributed by atoms with Gasteiger partial charge in [-0.15, -0.1) is 0 Å². The Hall–Kier alpha value is -2.44. The largest absolute Gasteiger partial charge is 0.378 e. The highest BCUT2D eigenvalue weighted by atomic mass is 19.1. The highest BCUT2D eigenvalue weighted by Gasteiger charge is 2.21. The number of nitrogens with zero attached hydrogens (tertiary/aromatic N) is 3. The van der Waals surface area contributed by atoms with Crippen LogP contribution in [0.2, 0.25) is 0 Å². The summed E-state index contributed by atoms with van der Waals surface area (Å²) in [4.78, 5) is 10.1. The molecular weight excluding hydrogens is 239 g/mol. The highest BCUT2D eigenvalue weighted by Crippen LogP contribution is 2.26. The first-order valence-electron chi connectivity index (χ1n) is 5.23. The van der Waals surface area contributed by atoms with Crippen LogP contribution in [0.3, 0.4) is 0 Å². The van der Waals surface area contributed by atoms with Crippen LogP contribution in [0.1, 0.15) is 18.5 Å². The number of nitrogens with two attached hydrogens (primary N) is 1. The Morgan fingerprint density at radius 3 is 2.56 bits per heavy atom. The van der Waals surface area contributed by atoms with E-state index in [4.69, 9.17) is 5.73 Å². The van der Waals surface area contributed by atoms with Gasteiger partial charge in [-0.05, 0) is 24.6 Å². The van der Waals surface area contributed by atoms with E-state index in [1.807, 2.05) is 0 Å². The minimum Gasteiger partial charge on any atom is -0.378 e. The smallest absolute Gasteiger partial charge is 0.330 e. The van der Waals surface area contributed by atoms with Gasteiger partial charge in [-0.2, -0.15) is 5.10 Å². The molecule has 0 radical (unpaired) electrons. The van der Waals surface area contributed by atoms with E-state index >= 15 is 0 Å². The van der Waals surface area contributed by atoms with Gasteiger partial charge in [-0.3, -0.25) is 10.1 Å². The Kier molecular flexibility index (Phi) is 2.97. The second kappa shape index (κ2) is 4.44. The average Bonchev–Trinajstić information content (AvgIpc) is 2.71. The van der Waals surface area contributed by atoms with Gasteiger partial charge < -0.3 is 5.73 Å². The van der Waals surface area contributed by atoms with Crippen LogP contribution in [0.15, 0.2) is 30.5 Å². The number of benzene rings is 1. The molecule has 94 valence electrons. The van der Waals surface area contributed by atoms with Gasteiger partial charge in [0.2, 0.25) is 5.82 Å². The second-order valence-electron chi connectivity index (χ2n) is 3.84. The molecule has 0 saturated carbocycles. The van der Waals surface area contributed by atoms with Crippen LogP contribution in [-0.4, -0.2) is 14.7 Å². The monoisotopic (exact) mass is 250 g/mol. The Morgan fingerprint density at radius 1 is 1.44 bits per heavy atom. The molecule has 1 unspecified atom stereocenters. The van der Waals surface area contributed by atoms with Crippen molar-refractivity contribution in [3.8, 4) is 0 Å². The third-order valence-corrected chi connectivity index (χ3v) is 2.73. The van der Waals surface area contributed by atoms with E-state index in [1.165, 1.54) is 16.8 Å². The lowest BCUT2D eigenvalue weighted by Crippen LogP contribution is -2.11. The Morgan fingerprint density at radius 2 is 2.06 bits per heavy atom. The normalized spacial score (nSPS) is 12.3. The van der Waals surface area contributed by atoms with Crippen LogP contribution in [0.25, 0.3) is 0 Å². The molecule has 0 aliphatic rings. The van der Waals surface area contributed by atoms with Gasteiger partial charge in [0.1, 0.15) is 12.0 Å². The van der Waals surface area contributed by atoms with E-state index in [9.17, 15) is 14.5 Å². The van der Waals surface area contributed by atoms with Crippen LogP contribution in [0.5, 0.6) is 0 Å². The fourth-order valence-electron chi connectivity index (χ4n) is 1.69. The average molecular weight is 250 g/mol. The van der Waals surface area contributed by atoms with E-state index in [1.54, 1.807) is 19.1 Å². The molecule has 7 heteroatoms. The molecule has 2 rings (SSSR count). The molecule has 1 aromatic carbocycles. The summed E-state index contributed by atoms with van der Waals surface area (Å²) in [6.07, 6.45) is 1.11. The molecule has 0 aliphatic carbocycles. The third kappa shape index (κ3) is 2.02. The number of rotatable bonds is 3. The molecule has 0 fully saturated rings. The number of nitro groups is 1. The first-order valence-corrected chi connectivity index (χ1v) is 5.23. The van der Waals surface area contributed by atoms with Gasteiger partial charge >= 0.3 is 5.69 Å². The maximum absolute atomic E-state index is 12.8. The fourth-order valence-corrected chi connectivity index (χ4v) is 1.69. The number of anilines is 1. The summed E-state index contributed by atoms with van der Waals surface area (Å²) in [5.41, 5.74) is 6.19. The summed E-state index contributed by atoms with van der Waals surface area (Å²) < 4.78 is 14.1. The van der Waals surface area contributed by atoms with Gasteiger partial charge in [0.25, 0.3) is 0 Å². The fraction of sp³-hybridized carbons (Fsp3) is 0.182. The molecule has 2 N–H and O–H groups in total. The lowest BCUT2D eigenvalue weighted by molar-refractivity contribution is -0.384. The molecule has 1 aromatic heterocycles. The van der Waals surface area contributed by atoms with E-state index < -0.39 is 4.92 Å². The van der Waals surface area contributed by atoms with Crippen LogP contribution in [0, 0.1) is 15.9 Å². The van der Waals surface area contributed by atoms with Gasteiger partial charge in [-0.25, -0.2) is 9.07 Å². The molecule has 0 spiro atoms. The summed E-state index contributed by atoms with van der Waals surface area (Å²) in [6.45, 7) is 1.78. The molecular formula is C11H11FN4O2. The standard InChI is InChI=1S/C11H11FN4O2/c1-7(8-2-4-9(12)5-3-8)15-11(13)10(6-14-15)16(17)18/h2-7H,13H2,1H3. The van der Waals surface area contributed by atoms with Crippen molar-refractivity contribution in [3.05, 3.63) is 52.0 Å². The van der Waals surface area contributed by atoms with E-state index in [0.717, 1.165) is 11.8 Å². The predicted molar refractivity (Wildman–Crippen MR) is 63.5 cm³/mol. The van der Waals surface area contributed by atoms with Crippen molar-refractivity contribution in [3.63, 3.8) is 0 Å². The van der Waals surface area contributed by atoms with Crippen molar-refractivity contribution in [1.82, 2.24) is 9.78 Å². The molecule has 18 heavy (non-hydrogen) atoms. The van der Waals surface area contributed by atoms with Crippen LogP contribution in [0.4, 0.5) is 15.9 Å². The van der Waals surface area contributed by atoms with Crippen molar-refractivity contribution in [2.24, 2.45) is 0 Å². The van der Waals surface area contributed by atoms with Crippen LogP contribution < -0.4 is 5.73 Å². The van der Waals surface area contributed by atoms with E-state index in [0.29, 0.717) is 0 Å². The van der Waals surface area contributed by atoms with Gasteiger partial charge in [-0.1, -0.05) is 12.1 Å². The van der Waals surface area contributed by atoms with Gasteiger partial charge in [0.15, 0.2) is 0 Å². The lowest BCUT2D eigenvalue weighted by atomic mass is 10.1. The zero-order valence-electron chi connectivity index (χ0n) is 9.58. The Bertz CT molecular complexity index is 579. The molecule has 0 saturated heterocycles. The molecule has 1 atom stereocenters. The lowest BCUT2D eigenvalue weighted by Gasteiger charge is -2.13. The molecule has 1 heterocycles. The first kappa shape index (κ1) is 12.0. The van der Waals surface area contributed by atoms with Crippen molar-refractivity contribution < 1.29 is 9.31 Å². The topological polar surface area (TPSA) is 87.0 Å². The minimum absolute atomic E-state index is 0.0168. The van der Waals surface area contributed by atoms with Crippen LogP contribution >= 0.6 is 0 Å². The van der Waals surface area contributed by atoms with Crippen molar-refractivity contribution >= 4 is 11.5 Å². The van der Waals surface area contributed by atoms with Gasteiger partial charge in [0, 0.05) is 0 Å². The highest BCUT2D eigenvalue weighted by molar-refractivity contribution is 5.52. The summed E-state index contributed by atoms with van der Waals surface area (Å²) in [5, 5.41) is 14.6. The second-order valence-corrected chi connectivity index (χ2v) is 3.84. The zero-order valence-corrected chi connectivity index (χ0v) is 9.58. The Labute approximate surface area is 102 Å². The number of hydrogen-bond acceptors (Lipinski definition) is 4. The first-order chi connectivity index (χ1) is 8.50. The summed E-state index contributed by atoms with van der Waals surface area (Å²) in [6, 6.07) is 5.51. The zero-order chi connectivity index (χ0) is 13.3. The summed E-state index contributed by atoms with van der Waals surface area (Å²) in [5.74, 6) is -0.359. The number of nitrogen functional groups attached to an aromatic ring is 1. The maximum atomic E-state index is 12.8. The molecule has 0 bridgehead atoms. The van der Waals surface area contributed by atoms with E-state index in [-0.39, 0.29) is 23.4 Å². The maximum Gasteiger partial charge on any atom is 0.330 e. The van der Waals surface area contributed by atoms with Crippen molar-refractivity contribution in [1.29, 1.82) is 0 Å². The third-order valence-electron chi connectivity index (χ3n) is 2.73. The van der Waals surface area contributed by atoms with Crippen molar-refractivity contribution in [2.45, 2.75) is 13.0 Å². The number of hydrogen-bond donors (Lipinski definition) is 1. The molecule has 6 nitrogen and oxygen atoms in total. The summed E-state index contributed by atoms with van der Waals surface area (Å²) in [7, 11) is 0. The van der Waals surface area contributed by atoms with E-state index in [2.05, 4.69) is 5.10 Å². The molecule has 2 aromatic rings. The van der Waals surface area contributed by atoms with Gasteiger partial charge in [0.05, 0.1) is 11.0 Å². The minimum atomic E-state index is -0.587. The Balaban J connectivity index is 2.37. The SMILES string of the molecule is CC(c1ccc(F)cc1)n1ncc([N+](=O)[O-])c1N. The van der Waals surface area contributed by atoms with Crippen LogP contribution in [-0.2, 0) is 0 Å². The number of halogens is 1. The summed E-state index contributed by atoms with van der Waals surface area (Å²) >= 11 is 0. The molecule has 0 amide bonds.